The van der Waals surface area contributed by atoms with Gasteiger partial charge >= 0.3 is 0 Å². The van der Waals surface area contributed by atoms with Gasteiger partial charge in [-0.1, -0.05) is 175 Å². The van der Waals surface area contributed by atoms with Crippen molar-refractivity contribution in [3.05, 3.63) is 264 Å². The Hall–Kier alpha value is -10.2. The molecule has 4 nitrogen and oxygen atoms in total. The zero-order chi connectivity index (χ0) is 59.3. The van der Waals surface area contributed by atoms with Gasteiger partial charge in [-0.15, -0.1) is 0 Å². The molecule has 88 heavy (non-hydrogen) atoms. The standard InChI is InChI=1S/C84H68N2O2/c1-7-51-43-63(44-52(8-2)65(51)11-5)85(61-33-39-81-75(47-61)67-25-17-19-27-79(67)87-81)77-49-73(59-31-29-55-21-13-15-23-57(55)41-59)69-36-38-72-78(50-74(70-35-37-71(77)83(69)84(70)72)60-32-30-56-22-14-16-24-58(56)42-60)86(64-45-53(9-3)66(12-6)54(10-4)46-64)62-34-40-82-76(48-62)68-26-18-20-28-80(68)88-82/h13-50H,7-12H2,1-6H3. The van der Waals surface area contributed by atoms with Crippen LogP contribution < -0.4 is 9.80 Å². The van der Waals surface area contributed by atoms with Crippen LogP contribution >= 0.6 is 0 Å². The molecule has 426 valence electrons. The van der Waals surface area contributed by atoms with E-state index in [1.807, 2.05) is 0 Å². The summed E-state index contributed by atoms with van der Waals surface area (Å²) in [5, 5.41) is 16.5. The van der Waals surface area contributed by atoms with Crippen LogP contribution in [-0.2, 0) is 38.5 Å². The maximum atomic E-state index is 6.57. The highest BCUT2D eigenvalue weighted by Crippen LogP contribution is 2.54. The van der Waals surface area contributed by atoms with Crippen LogP contribution in [0.15, 0.2) is 239 Å². The normalized spacial score (nSPS) is 12.0. The van der Waals surface area contributed by atoms with E-state index in [0.29, 0.717) is 0 Å². The Morgan fingerprint density at radius 3 is 1.02 bits per heavy atom. The molecule has 0 atom stereocenters. The third-order valence-electron chi connectivity index (χ3n) is 19.3. The molecule has 0 fully saturated rings. The molecule has 2 heterocycles. The van der Waals surface area contributed by atoms with Crippen LogP contribution in [0.3, 0.4) is 0 Å². The minimum Gasteiger partial charge on any atom is -0.456 e. The maximum absolute atomic E-state index is 6.57. The number of hydrogen-bond donors (Lipinski definition) is 0. The highest BCUT2D eigenvalue weighted by molar-refractivity contribution is 6.33. The lowest BCUT2D eigenvalue weighted by Crippen LogP contribution is -2.14. The van der Waals surface area contributed by atoms with Gasteiger partial charge in [0.15, 0.2) is 0 Å². The summed E-state index contributed by atoms with van der Waals surface area (Å²) in [6.45, 7) is 13.9. The molecular weight excluding hydrogens is 1070 g/mol. The molecule has 0 saturated heterocycles. The Balaban J connectivity index is 1.08. The average molecular weight is 1140 g/mol. The number of aryl methyl sites for hydroxylation is 4. The molecule has 16 aromatic rings. The van der Waals surface area contributed by atoms with E-state index in [1.165, 1.54) is 109 Å². The van der Waals surface area contributed by atoms with Gasteiger partial charge in [0.25, 0.3) is 0 Å². The van der Waals surface area contributed by atoms with Crippen molar-refractivity contribution < 1.29 is 8.83 Å². The first-order valence-corrected chi connectivity index (χ1v) is 31.8. The minimum absolute atomic E-state index is 0.877. The van der Waals surface area contributed by atoms with E-state index in [4.69, 9.17) is 8.83 Å². The summed E-state index contributed by atoms with van der Waals surface area (Å²) in [7, 11) is 0. The summed E-state index contributed by atoms with van der Waals surface area (Å²) in [6, 6.07) is 86.9. The van der Waals surface area contributed by atoms with Crippen LogP contribution in [0.1, 0.15) is 74.9 Å². The third kappa shape index (κ3) is 8.48. The molecule has 0 aliphatic rings. The van der Waals surface area contributed by atoms with E-state index in [1.54, 1.807) is 0 Å². The van der Waals surface area contributed by atoms with Crippen molar-refractivity contribution in [3.63, 3.8) is 0 Å². The first-order valence-electron chi connectivity index (χ1n) is 31.8. The number of hydrogen-bond acceptors (Lipinski definition) is 4. The molecule has 2 aromatic heterocycles. The van der Waals surface area contributed by atoms with Gasteiger partial charge in [0.05, 0.1) is 11.4 Å². The number of rotatable bonds is 14. The van der Waals surface area contributed by atoms with Crippen LogP contribution in [0.4, 0.5) is 34.1 Å². The topological polar surface area (TPSA) is 32.8 Å². The Kier molecular flexibility index (Phi) is 12.9. The van der Waals surface area contributed by atoms with Crippen molar-refractivity contribution in [1.29, 1.82) is 0 Å². The van der Waals surface area contributed by atoms with Gasteiger partial charge in [-0.05, 0) is 224 Å². The Morgan fingerprint density at radius 2 is 0.625 bits per heavy atom. The molecule has 0 saturated carbocycles. The fourth-order valence-corrected chi connectivity index (χ4v) is 15.1. The van der Waals surface area contributed by atoms with Crippen molar-refractivity contribution in [1.82, 2.24) is 0 Å². The number of furan rings is 2. The molecule has 0 aliphatic carbocycles. The molecule has 0 unspecified atom stereocenters. The fourth-order valence-electron chi connectivity index (χ4n) is 15.1. The third-order valence-corrected chi connectivity index (χ3v) is 19.3. The molecule has 0 aliphatic heterocycles. The number of para-hydroxylation sites is 2. The van der Waals surface area contributed by atoms with Gasteiger partial charge in [-0.25, -0.2) is 0 Å². The summed E-state index contributed by atoms with van der Waals surface area (Å²) >= 11 is 0. The second kappa shape index (κ2) is 21.4. The lowest BCUT2D eigenvalue weighted by atomic mass is 9.84. The monoisotopic (exact) mass is 1140 g/mol. The van der Waals surface area contributed by atoms with Gasteiger partial charge in [-0.3, -0.25) is 0 Å². The first-order chi connectivity index (χ1) is 43.3. The van der Waals surface area contributed by atoms with Crippen molar-refractivity contribution >= 4 is 132 Å². The predicted octanol–water partition coefficient (Wildman–Crippen LogP) is 24.3. The maximum Gasteiger partial charge on any atom is 0.135 e. The van der Waals surface area contributed by atoms with Gasteiger partial charge in [-0.2, -0.15) is 0 Å². The first kappa shape index (κ1) is 53.3. The summed E-state index contributed by atoms with van der Waals surface area (Å²) in [5.74, 6) is 0. The molecular formula is C84H68N2O2. The lowest BCUT2D eigenvalue weighted by molar-refractivity contribution is 0.668. The SMILES string of the molecule is CCc1cc(N(c2ccc3oc4ccccc4c3c2)c2cc(-c3ccc4ccccc4c3)c3ccc4c(N(c5cc(CC)c(CC)c(CC)c5)c5ccc6oc7ccccc7c6c5)cc(-c5ccc6ccccc6c5)c5ccc2c3c54)cc(CC)c1CC. The van der Waals surface area contributed by atoms with Crippen molar-refractivity contribution in [3.8, 4) is 22.3 Å². The average Bonchev–Trinajstić information content (AvgIpc) is 0.962. The molecule has 0 radical (unpaired) electrons. The summed E-state index contributed by atoms with van der Waals surface area (Å²) in [5.41, 5.74) is 23.4. The second-order valence-corrected chi connectivity index (χ2v) is 23.9. The summed E-state index contributed by atoms with van der Waals surface area (Å²) < 4.78 is 13.1. The van der Waals surface area contributed by atoms with E-state index in [0.717, 1.165) is 117 Å². The molecule has 0 N–H and O–H groups in total. The molecule has 4 heteroatoms. The molecule has 0 amide bonds. The smallest absolute Gasteiger partial charge is 0.135 e. The fraction of sp³-hybridized carbons (Fsp3) is 0.143. The molecule has 0 spiro atoms. The summed E-state index contributed by atoms with van der Waals surface area (Å²) in [4.78, 5) is 5.15. The number of fused-ring (bicyclic) bond motifs is 8. The van der Waals surface area contributed by atoms with Crippen LogP contribution in [0.5, 0.6) is 0 Å². The van der Waals surface area contributed by atoms with Crippen molar-refractivity contribution in [2.45, 2.75) is 80.1 Å². The highest BCUT2D eigenvalue weighted by Gasteiger charge is 2.28. The highest BCUT2D eigenvalue weighted by atomic mass is 16.3. The minimum atomic E-state index is 0.877. The Bertz CT molecular complexity index is 5060. The van der Waals surface area contributed by atoms with Crippen LogP contribution in [0.2, 0.25) is 0 Å². The zero-order valence-corrected chi connectivity index (χ0v) is 50.9. The Labute approximate surface area is 513 Å². The van der Waals surface area contributed by atoms with E-state index >= 15 is 0 Å². The van der Waals surface area contributed by atoms with E-state index in [2.05, 4.69) is 282 Å². The number of anilines is 6. The van der Waals surface area contributed by atoms with E-state index in [9.17, 15) is 0 Å². The summed E-state index contributed by atoms with van der Waals surface area (Å²) in [6.07, 6.45) is 5.71. The second-order valence-electron chi connectivity index (χ2n) is 23.9. The molecule has 14 aromatic carbocycles. The van der Waals surface area contributed by atoms with Gasteiger partial charge in [0.2, 0.25) is 0 Å². The van der Waals surface area contributed by atoms with Crippen LogP contribution in [0.25, 0.3) is 120 Å². The van der Waals surface area contributed by atoms with Crippen LogP contribution in [-0.4, -0.2) is 0 Å². The number of benzene rings is 14. The van der Waals surface area contributed by atoms with Crippen molar-refractivity contribution in [2.24, 2.45) is 0 Å². The predicted molar refractivity (Wildman–Crippen MR) is 376 cm³/mol. The van der Waals surface area contributed by atoms with Crippen molar-refractivity contribution in [2.75, 3.05) is 9.80 Å². The lowest BCUT2D eigenvalue weighted by Gasteiger charge is -2.32. The van der Waals surface area contributed by atoms with Gasteiger partial charge < -0.3 is 18.6 Å². The quantitative estimate of drug-likeness (QED) is 0.102. The van der Waals surface area contributed by atoms with Crippen LogP contribution in [0, 0.1) is 0 Å². The Morgan fingerprint density at radius 1 is 0.261 bits per heavy atom. The van der Waals surface area contributed by atoms with Gasteiger partial charge in [0, 0.05) is 65.8 Å². The number of nitrogens with zero attached hydrogens (tertiary/aromatic N) is 2. The molecule has 0 bridgehead atoms. The van der Waals surface area contributed by atoms with Gasteiger partial charge in [0.1, 0.15) is 22.3 Å². The zero-order valence-electron chi connectivity index (χ0n) is 50.9. The van der Waals surface area contributed by atoms with E-state index in [-0.39, 0.29) is 0 Å². The largest absolute Gasteiger partial charge is 0.456 e. The van der Waals surface area contributed by atoms with E-state index < -0.39 is 0 Å². The molecule has 16 rings (SSSR count).